The largest absolute Gasteiger partial charge is 0.478 e. The van der Waals surface area contributed by atoms with Crippen LogP contribution in [-0.4, -0.2) is 24.2 Å². The Labute approximate surface area is 130 Å². The van der Waals surface area contributed by atoms with Crippen molar-refractivity contribution in [1.82, 2.24) is 0 Å². The van der Waals surface area contributed by atoms with Gasteiger partial charge in [0.2, 0.25) is 0 Å². The van der Waals surface area contributed by atoms with E-state index in [-0.39, 0.29) is 0 Å². The summed E-state index contributed by atoms with van der Waals surface area (Å²) < 4.78 is 0. The van der Waals surface area contributed by atoms with Crippen LogP contribution in [0.4, 0.5) is 5.69 Å². The van der Waals surface area contributed by atoms with Crippen molar-refractivity contribution in [3.63, 3.8) is 0 Å². The number of anilines is 1. The zero-order chi connectivity index (χ0) is 14.8. The summed E-state index contributed by atoms with van der Waals surface area (Å²) in [6.07, 6.45) is 8.03. The maximum absolute atomic E-state index is 10.6. The van der Waals surface area contributed by atoms with Crippen LogP contribution in [0, 0.1) is 11.8 Å². The molecule has 0 spiro atoms. The third-order valence-electron chi connectivity index (χ3n) is 4.11. The van der Waals surface area contributed by atoms with E-state index in [0.717, 1.165) is 42.3 Å². The SMILES string of the molecule is O=C(O)/C=C/c1ccc(N(CC2CC2)CC2CC2)cc1Cl. The number of carbonyl (C=O) groups is 1. The van der Waals surface area contributed by atoms with Gasteiger partial charge in [0.1, 0.15) is 0 Å². The van der Waals surface area contributed by atoms with Crippen molar-refractivity contribution >= 4 is 29.3 Å². The lowest BCUT2D eigenvalue weighted by atomic mass is 10.1. The first-order valence-electron chi connectivity index (χ1n) is 7.57. The number of halogens is 1. The fraction of sp³-hybridized carbons (Fsp3) is 0.471. The highest BCUT2D eigenvalue weighted by molar-refractivity contribution is 6.32. The first-order chi connectivity index (χ1) is 10.1. The van der Waals surface area contributed by atoms with E-state index in [9.17, 15) is 4.79 Å². The molecular formula is C17H20ClNO2. The van der Waals surface area contributed by atoms with Crippen molar-refractivity contribution in [3.05, 3.63) is 34.9 Å². The van der Waals surface area contributed by atoms with E-state index in [2.05, 4.69) is 11.0 Å². The number of aliphatic carboxylic acids is 1. The van der Waals surface area contributed by atoms with E-state index in [1.54, 1.807) is 6.08 Å². The molecule has 4 heteroatoms. The van der Waals surface area contributed by atoms with E-state index in [0.29, 0.717) is 5.02 Å². The van der Waals surface area contributed by atoms with Gasteiger partial charge >= 0.3 is 5.97 Å². The minimum absolute atomic E-state index is 0.613. The molecule has 0 saturated heterocycles. The second-order valence-corrected chi connectivity index (χ2v) is 6.58. The van der Waals surface area contributed by atoms with Crippen LogP contribution >= 0.6 is 11.6 Å². The molecule has 0 aliphatic heterocycles. The summed E-state index contributed by atoms with van der Waals surface area (Å²) in [6, 6.07) is 5.93. The Balaban J connectivity index is 1.75. The quantitative estimate of drug-likeness (QED) is 0.772. The van der Waals surface area contributed by atoms with Crippen LogP contribution in [0.5, 0.6) is 0 Å². The number of rotatable bonds is 7. The number of benzene rings is 1. The zero-order valence-corrected chi connectivity index (χ0v) is 12.7. The molecule has 3 nitrogen and oxygen atoms in total. The molecule has 0 unspecified atom stereocenters. The van der Waals surface area contributed by atoms with Gasteiger partial charge in [-0.1, -0.05) is 17.7 Å². The molecule has 0 heterocycles. The summed E-state index contributed by atoms with van der Waals surface area (Å²) >= 11 is 6.29. The Bertz CT molecular complexity index is 548. The maximum atomic E-state index is 10.6. The molecule has 1 aromatic carbocycles. The molecular weight excluding hydrogens is 286 g/mol. The molecule has 1 aromatic rings. The van der Waals surface area contributed by atoms with Crippen LogP contribution < -0.4 is 4.90 Å². The normalized spacial score (nSPS) is 18.1. The Hall–Kier alpha value is -1.48. The predicted octanol–water partition coefficient (Wildman–Crippen LogP) is 4.06. The summed E-state index contributed by atoms with van der Waals surface area (Å²) in [6.45, 7) is 2.24. The molecule has 2 aliphatic rings. The van der Waals surface area contributed by atoms with E-state index in [1.165, 1.54) is 25.7 Å². The average molecular weight is 306 g/mol. The standard InChI is InChI=1S/C17H20ClNO2/c18-16-9-15(7-5-14(16)6-8-17(20)21)19(10-12-1-2-12)11-13-3-4-13/h5-9,12-13H,1-4,10-11H2,(H,20,21)/b8-6+. The average Bonchev–Trinajstić information content (AvgIpc) is 3.31. The van der Waals surface area contributed by atoms with Crippen molar-refractivity contribution < 1.29 is 9.90 Å². The van der Waals surface area contributed by atoms with Gasteiger partial charge < -0.3 is 10.0 Å². The van der Waals surface area contributed by atoms with Gasteiger partial charge in [0.15, 0.2) is 0 Å². The highest BCUT2D eigenvalue weighted by Gasteiger charge is 2.29. The third-order valence-corrected chi connectivity index (χ3v) is 4.43. The van der Waals surface area contributed by atoms with E-state index in [4.69, 9.17) is 16.7 Å². The summed E-state index contributed by atoms with van der Waals surface area (Å²) in [7, 11) is 0. The highest BCUT2D eigenvalue weighted by Crippen LogP contribution is 2.36. The van der Waals surface area contributed by atoms with Crippen LogP contribution in [0.2, 0.25) is 5.02 Å². The fourth-order valence-corrected chi connectivity index (χ4v) is 2.76. The van der Waals surface area contributed by atoms with Crippen molar-refractivity contribution in [2.75, 3.05) is 18.0 Å². The van der Waals surface area contributed by atoms with Crippen molar-refractivity contribution in [3.8, 4) is 0 Å². The number of hydrogen-bond acceptors (Lipinski definition) is 2. The van der Waals surface area contributed by atoms with Crippen LogP contribution in [-0.2, 0) is 4.79 Å². The molecule has 2 fully saturated rings. The molecule has 0 radical (unpaired) electrons. The van der Waals surface area contributed by atoms with Gasteiger partial charge in [-0.2, -0.15) is 0 Å². The lowest BCUT2D eigenvalue weighted by Gasteiger charge is -2.25. The monoisotopic (exact) mass is 305 g/mol. The molecule has 112 valence electrons. The van der Waals surface area contributed by atoms with Crippen molar-refractivity contribution in [1.29, 1.82) is 0 Å². The zero-order valence-electron chi connectivity index (χ0n) is 12.0. The van der Waals surface area contributed by atoms with Gasteiger partial charge in [-0.25, -0.2) is 4.79 Å². The van der Waals surface area contributed by atoms with E-state index in [1.807, 2.05) is 12.1 Å². The molecule has 2 aliphatic carbocycles. The molecule has 1 N–H and O–H groups in total. The minimum Gasteiger partial charge on any atom is -0.478 e. The van der Waals surface area contributed by atoms with Gasteiger partial charge in [-0.15, -0.1) is 0 Å². The molecule has 3 rings (SSSR count). The molecule has 0 amide bonds. The number of nitrogens with zero attached hydrogens (tertiary/aromatic N) is 1. The summed E-state index contributed by atoms with van der Waals surface area (Å²) in [4.78, 5) is 13.0. The highest BCUT2D eigenvalue weighted by atomic mass is 35.5. The first kappa shape index (κ1) is 14.5. The lowest BCUT2D eigenvalue weighted by Crippen LogP contribution is -2.28. The van der Waals surface area contributed by atoms with Crippen molar-refractivity contribution in [2.24, 2.45) is 11.8 Å². The summed E-state index contributed by atoms with van der Waals surface area (Å²) in [5.74, 6) is 0.724. The molecule has 0 aromatic heterocycles. The van der Waals surface area contributed by atoms with Crippen molar-refractivity contribution in [2.45, 2.75) is 25.7 Å². The molecule has 0 bridgehead atoms. The molecule has 21 heavy (non-hydrogen) atoms. The second kappa shape index (κ2) is 6.10. The van der Waals surface area contributed by atoms with Crippen LogP contribution in [0.1, 0.15) is 31.2 Å². The van der Waals surface area contributed by atoms with Crippen LogP contribution in [0.25, 0.3) is 6.08 Å². The molecule has 2 saturated carbocycles. The number of hydrogen-bond donors (Lipinski definition) is 1. The van der Waals surface area contributed by atoms with Gasteiger partial charge in [0.25, 0.3) is 0 Å². The fourth-order valence-electron chi connectivity index (χ4n) is 2.52. The van der Waals surface area contributed by atoms with Crippen LogP contribution in [0.3, 0.4) is 0 Å². The predicted molar refractivity (Wildman–Crippen MR) is 85.8 cm³/mol. The van der Waals surface area contributed by atoms with Gasteiger partial charge in [0, 0.05) is 29.9 Å². The second-order valence-electron chi connectivity index (χ2n) is 6.17. The smallest absolute Gasteiger partial charge is 0.328 e. The number of carboxylic acids is 1. The molecule has 0 atom stereocenters. The minimum atomic E-state index is -0.959. The van der Waals surface area contributed by atoms with Crippen LogP contribution in [0.15, 0.2) is 24.3 Å². The summed E-state index contributed by atoms with van der Waals surface area (Å²) in [5.41, 5.74) is 1.91. The number of carboxylic acid groups (broad SMARTS) is 1. The van der Waals surface area contributed by atoms with Gasteiger partial charge in [-0.05, 0) is 61.3 Å². The Morgan fingerprint density at radius 3 is 2.33 bits per heavy atom. The van der Waals surface area contributed by atoms with E-state index < -0.39 is 5.97 Å². The first-order valence-corrected chi connectivity index (χ1v) is 7.95. The topological polar surface area (TPSA) is 40.5 Å². The van der Waals surface area contributed by atoms with Gasteiger partial charge in [-0.3, -0.25) is 0 Å². The maximum Gasteiger partial charge on any atom is 0.328 e. The third kappa shape index (κ3) is 4.24. The summed E-state index contributed by atoms with van der Waals surface area (Å²) in [5, 5.41) is 9.30. The Kier molecular flexibility index (Phi) is 4.20. The van der Waals surface area contributed by atoms with E-state index >= 15 is 0 Å². The van der Waals surface area contributed by atoms with Gasteiger partial charge in [0.05, 0.1) is 0 Å². The Morgan fingerprint density at radius 2 is 1.86 bits per heavy atom. The lowest BCUT2D eigenvalue weighted by molar-refractivity contribution is -0.131. The Morgan fingerprint density at radius 1 is 1.24 bits per heavy atom.